The first-order valence-electron chi connectivity index (χ1n) is 7.26. The summed E-state index contributed by atoms with van der Waals surface area (Å²) in [4.78, 5) is 8.04. The minimum Gasteiger partial charge on any atom is -0.382 e. The summed E-state index contributed by atoms with van der Waals surface area (Å²) in [6.07, 6.45) is -1.85. The van der Waals surface area contributed by atoms with Crippen LogP contribution in [0.3, 0.4) is 0 Å². The van der Waals surface area contributed by atoms with Crippen molar-refractivity contribution in [2.24, 2.45) is 5.73 Å². The summed E-state index contributed by atoms with van der Waals surface area (Å²) in [7, 11) is 0. The number of aliphatic hydroxyl groups is 1. The lowest BCUT2D eigenvalue weighted by Crippen LogP contribution is -2.37. The van der Waals surface area contributed by atoms with E-state index in [1.54, 1.807) is 13.8 Å². The fraction of sp³-hybridized carbons (Fsp3) is 0.533. The van der Waals surface area contributed by atoms with E-state index >= 15 is 0 Å². The largest absolute Gasteiger partial charge is 0.435 e. The van der Waals surface area contributed by atoms with E-state index in [0.29, 0.717) is 5.56 Å². The molecule has 0 atom stereocenters. The molecule has 0 unspecified atom stereocenters. The molecule has 2 rings (SSSR count). The van der Waals surface area contributed by atoms with E-state index in [1.165, 1.54) is 30.9 Å². The highest BCUT2D eigenvalue weighted by Gasteiger charge is 2.35. The van der Waals surface area contributed by atoms with E-state index in [4.69, 9.17) is 5.73 Å². The van der Waals surface area contributed by atoms with Crippen molar-refractivity contribution in [1.29, 1.82) is 0 Å². The lowest BCUT2D eigenvalue weighted by Gasteiger charge is -2.20. The van der Waals surface area contributed by atoms with Crippen molar-refractivity contribution in [3.8, 4) is 11.3 Å². The Bertz CT molecular complexity index is 715. The number of hydrogen-bond acceptors (Lipinski definition) is 5. The Labute approximate surface area is 149 Å². The average Bonchev–Trinajstić information content (AvgIpc) is 2.79. The van der Waals surface area contributed by atoms with E-state index < -0.39 is 23.0 Å². The van der Waals surface area contributed by atoms with Crippen LogP contribution >= 0.6 is 12.4 Å². The standard InChI is InChI=1S/C15H20F3N5O.ClH/c1-13(2,19)8-23-10(5-11(22-23)15(16,17)18)9-6-20-12(21-7-9)14(3,4)24;/h5-7,24H,8,19H2,1-4H3;1H. The van der Waals surface area contributed by atoms with Gasteiger partial charge in [-0.2, -0.15) is 18.3 Å². The van der Waals surface area contributed by atoms with Crippen LogP contribution in [0.25, 0.3) is 11.3 Å². The van der Waals surface area contributed by atoms with Crippen molar-refractivity contribution in [1.82, 2.24) is 19.7 Å². The molecule has 140 valence electrons. The van der Waals surface area contributed by atoms with Gasteiger partial charge in [0, 0.05) is 23.5 Å². The smallest absolute Gasteiger partial charge is 0.382 e. The van der Waals surface area contributed by atoms with Gasteiger partial charge in [-0.05, 0) is 33.8 Å². The van der Waals surface area contributed by atoms with Crippen LogP contribution in [0.2, 0.25) is 0 Å². The molecule has 2 heterocycles. The van der Waals surface area contributed by atoms with Crippen LogP contribution in [0.15, 0.2) is 18.5 Å². The van der Waals surface area contributed by atoms with Crippen molar-refractivity contribution < 1.29 is 18.3 Å². The van der Waals surface area contributed by atoms with E-state index in [1.807, 2.05) is 0 Å². The first kappa shape index (κ1) is 21.3. The molecule has 2 aromatic heterocycles. The van der Waals surface area contributed by atoms with Gasteiger partial charge in [-0.3, -0.25) is 4.68 Å². The Balaban J connectivity index is 0.00000312. The van der Waals surface area contributed by atoms with Crippen LogP contribution in [0, 0.1) is 0 Å². The van der Waals surface area contributed by atoms with E-state index in [2.05, 4.69) is 15.1 Å². The minimum absolute atomic E-state index is 0. The molecule has 0 aliphatic rings. The second kappa shape index (κ2) is 6.89. The van der Waals surface area contributed by atoms with Crippen LogP contribution < -0.4 is 5.73 Å². The summed E-state index contributed by atoms with van der Waals surface area (Å²) in [6, 6.07) is 0.939. The van der Waals surface area contributed by atoms with Gasteiger partial charge in [-0.25, -0.2) is 9.97 Å². The Hall–Kier alpha value is -1.71. The Morgan fingerprint density at radius 3 is 2.04 bits per heavy atom. The summed E-state index contributed by atoms with van der Waals surface area (Å²) in [5.41, 5.74) is 3.48. The van der Waals surface area contributed by atoms with E-state index in [9.17, 15) is 18.3 Å². The first-order valence-corrected chi connectivity index (χ1v) is 7.26. The molecule has 0 saturated heterocycles. The van der Waals surface area contributed by atoms with Crippen molar-refractivity contribution in [2.75, 3.05) is 0 Å². The van der Waals surface area contributed by atoms with Crippen LogP contribution in [0.1, 0.15) is 39.2 Å². The topological polar surface area (TPSA) is 89.9 Å². The normalized spacial score (nSPS) is 12.8. The zero-order chi connectivity index (χ0) is 18.3. The fourth-order valence-corrected chi connectivity index (χ4v) is 2.07. The van der Waals surface area contributed by atoms with Crippen LogP contribution in [-0.2, 0) is 18.3 Å². The van der Waals surface area contributed by atoms with Crippen LogP contribution in [0.4, 0.5) is 13.2 Å². The predicted octanol–water partition coefficient (Wildman–Crippen LogP) is 2.75. The highest BCUT2D eigenvalue weighted by Crippen LogP contribution is 2.32. The third-order valence-corrected chi connectivity index (χ3v) is 3.12. The van der Waals surface area contributed by atoms with E-state index in [-0.39, 0.29) is 30.5 Å². The van der Waals surface area contributed by atoms with Gasteiger partial charge in [0.15, 0.2) is 11.5 Å². The molecule has 0 saturated carbocycles. The molecule has 0 spiro atoms. The first-order chi connectivity index (χ1) is 10.8. The maximum atomic E-state index is 13.0. The van der Waals surface area contributed by atoms with Gasteiger partial charge < -0.3 is 10.8 Å². The Morgan fingerprint density at radius 2 is 1.64 bits per heavy atom. The third kappa shape index (κ3) is 5.38. The van der Waals surface area contributed by atoms with Gasteiger partial charge in [0.1, 0.15) is 5.60 Å². The van der Waals surface area contributed by atoms with Crippen LogP contribution in [-0.4, -0.2) is 30.4 Å². The molecule has 0 amide bonds. The zero-order valence-electron chi connectivity index (χ0n) is 14.3. The fourth-order valence-electron chi connectivity index (χ4n) is 2.07. The predicted molar refractivity (Wildman–Crippen MR) is 89.0 cm³/mol. The maximum absolute atomic E-state index is 13.0. The van der Waals surface area contributed by atoms with Crippen molar-refractivity contribution in [2.45, 2.75) is 51.6 Å². The number of hydrogen-bond donors (Lipinski definition) is 2. The van der Waals surface area contributed by atoms with Crippen molar-refractivity contribution in [3.05, 3.63) is 30.0 Å². The van der Waals surface area contributed by atoms with Gasteiger partial charge in [0.2, 0.25) is 0 Å². The molecular formula is C15H21ClF3N5O. The Kier molecular flexibility index (Phi) is 5.88. The van der Waals surface area contributed by atoms with Gasteiger partial charge >= 0.3 is 6.18 Å². The SMILES string of the molecule is CC(C)(N)Cn1nc(C(F)(F)F)cc1-c1cnc(C(C)(C)O)nc1.Cl. The molecule has 0 fully saturated rings. The quantitative estimate of drug-likeness (QED) is 0.852. The molecular weight excluding hydrogens is 359 g/mol. The summed E-state index contributed by atoms with van der Waals surface area (Å²) >= 11 is 0. The van der Waals surface area contributed by atoms with Gasteiger partial charge in [0.05, 0.1) is 12.2 Å². The highest BCUT2D eigenvalue weighted by atomic mass is 35.5. The summed E-state index contributed by atoms with van der Waals surface area (Å²) in [5.74, 6) is 0.174. The Morgan fingerprint density at radius 1 is 1.12 bits per heavy atom. The number of nitrogens with two attached hydrogens (primary N) is 1. The van der Waals surface area contributed by atoms with Crippen molar-refractivity contribution >= 4 is 12.4 Å². The maximum Gasteiger partial charge on any atom is 0.435 e. The van der Waals surface area contributed by atoms with Crippen LogP contribution in [0.5, 0.6) is 0 Å². The monoisotopic (exact) mass is 379 g/mol. The summed E-state index contributed by atoms with van der Waals surface area (Å²) in [5, 5.41) is 13.5. The molecule has 0 aliphatic heterocycles. The molecule has 3 N–H and O–H groups in total. The molecule has 10 heteroatoms. The molecule has 0 aliphatic carbocycles. The average molecular weight is 380 g/mol. The molecule has 25 heavy (non-hydrogen) atoms. The molecule has 0 radical (unpaired) electrons. The molecule has 6 nitrogen and oxygen atoms in total. The van der Waals surface area contributed by atoms with Gasteiger partial charge in [-0.1, -0.05) is 0 Å². The number of halogens is 4. The number of alkyl halides is 3. The van der Waals surface area contributed by atoms with Gasteiger partial charge in [-0.15, -0.1) is 12.4 Å². The highest BCUT2D eigenvalue weighted by molar-refractivity contribution is 5.85. The second-order valence-corrected chi connectivity index (χ2v) is 6.91. The number of aromatic nitrogens is 4. The molecule has 0 bridgehead atoms. The third-order valence-electron chi connectivity index (χ3n) is 3.12. The lowest BCUT2D eigenvalue weighted by molar-refractivity contribution is -0.141. The number of nitrogens with zero attached hydrogens (tertiary/aromatic N) is 4. The van der Waals surface area contributed by atoms with Crippen molar-refractivity contribution in [3.63, 3.8) is 0 Å². The molecule has 2 aromatic rings. The van der Waals surface area contributed by atoms with Gasteiger partial charge in [0.25, 0.3) is 0 Å². The zero-order valence-corrected chi connectivity index (χ0v) is 15.1. The van der Waals surface area contributed by atoms with E-state index in [0.717, 1.165) is 6.07 Å². The lowest BCUT2D eigenvalue weighted by atomic mass is 10.1. The number of rotatable bonds is 4. The molecule has 0 aromatic carbocycles. The summed E-state index contributed by atoms with van der Waals surface area (Å²) < 4.78 is 40.1. The second-order valence-electron chi connectivity index (χ2n) is 6.91. The summed E-state index contributed by atoms with van der Waals surface area (Å²) in [6.45, 7) is 6.51. The minimum atomic E-state index is -4.56.